The van der Waals surface area contributed by atoms with Crippen LogP contribution in [0.4, 0.5) is 0 Å². The van der Waals surface area contributed by atoms with Gasteiger partial charge >= 0.3 is 0 Å². The average Bonchev–Trinajstić information content (AvgIpc) is 2.25. The van der Waals surface area contributed by atoms with Crippen molar-refractivity contribution in [3.8, 4) is 0 Å². The molecule has 0 heterocycles. The Balaban J connectivity index is 2.47. The molecule has 0 unspecified atom stereocenters. The molecule has 0 fully saturated rings. The van der Waals surface area contributed by atoms with E-state index in [0.29, 0.717) is 21.7 Å². The van der Waals surface area contributed by atoms with E-state index in [1.165, 1.54) is 0 Å². The maximum Gasteiger partial charge on any atom is 0.130 e. The fourth-order valence-electron chi connectivity index (χ4n) is 1.13. The minimum Gasteiger partial charge on any atom is -0.367 e. The zero-order valence-electron chi connectivity index (χ0n) is 8.43. The number of thiol groups is 2. The fourth-order valence-corrected chi connectivity index (χ4v) is 1.43. The first kappa shape index (κ1) is 13.8. The Bertz CT molecular complexity index is 338. The van der Waals surface area contributed by atoms with Gasteiger partial charge in [0.2, 0.25) is 0 Å². The van der Waals surface area contributed by atoms with Crippen LogP contribution in [0, 0.1) is 0 Å². The van der Waals surface area contributed by atoms with Gasteiger partial charge in [0.1, 0.15) is 8.64 Å². The zero-order valence-corrected chi connectivity index (χ0v) is 11.9. The molecule has 0 saturated carbocycles. The Morgan fingerprint density at radius 2 is 1.19 bits per heavy atom. The Morgan fingerprint density at radius 1 is 0.875 bits per heavy atom. The number of benzene rings is 1. The van der Waals surface area contributed by atoms with E-state index in [2.05, 4.69) is 35.9 Å². The molecule has 0 aromatic heterocycles. The average molecular weight is 288 g/mol. The van der Waals surface area contributed by atoms with Gasteiger partial charge in [-0.05, 0) is 11.1 Å². The summed E-state index contributed by atoms with van der Waals surface area (Å²) < 4.78 is 1.01. The lowest BCUT2D eigenvalue weighted by Crippen LogP contribution is -2.16. The van der Waals surface area contributed by atoms with Crippen LogP contribution in [0.5, 0.6) is 0 Å². The summed E-state index contributed by atoms with van der Waals surface area (Å²) in [7, 11) is 0. The van der Waals surface area contributed by atoms with Crippen molar-refractivity contribution >= 4 is 58.3 Å². The van der Waals surface area contributed by atoms with Crippen LogP contribution in [0.25, 0.3) is 0 Å². The predicted molar refractivity (Wildman–Crippen MR) is 83.3 cm³/mol. The molecule has 1 aromatic carbocycles. The van der Waals surface area contributed by atoms with Crippen LogP contribution in [-0.2, 0) is 13.1 Å². The summed E-state index contributed by atoms with van der Waals surface area (Å²) in [4.78, 5) is 0. The molecule has 1 aromatic rings. The van der Waals surface area contributed by atoms with Crippen LogP contribution >= 0.6 is 49.7 Å². The molecule has 0 aliphatic carbocycles. The first-order valence-electron chi connectivity index (χ1n) is 4.59. The van der Waals surface area contributed by atoms with Crippen LogP contribution < -0.4 is 10.6 Å². The van der Waals surface area contributed by atoms with Gasteiger partial charge in [0.05, 0.1) is 0 Å². The van der Waals surface area contributed by atoms with Crippen LogP contribution in [0.2, 0.25) is 0 Å². The molecule has 0 atom stereocenters. The van der Waals surface area contributed by atoms with Crippen LogP contribution in [0.15, 0.2) is 24.3 Å². The third kappa shape index (κ3) is 5.69. The topological polar surface area (TPSA) is 24.1 Å². The Kier molecular flexibility index (Phi) is 6.12. The fraction of sp³-hybridized carbons (Fsp3) is 0.200. The highest BCUT2D eigenvalue weighted by Gasteiger charge is 1.95. The van der Waals surface area contributed by atoms with E-state index in [4.69, 9.17) is 24.4 Å². The molecule has 0 aliphatic heterocycles. The number of hydrogen-bond acceptors (Lipinski definition) is 2. The number of hydrogen-bond donors (Lipinski definition) is 4. The molecule has 16 heavy (non-hydrogen) atoms. The smallest absolute Gasteiger partial charge is 0.130 e. The van der Waals surface area contributed by atoms with Crippen molar-refractivity contribution in [2.45, 2.75) is 13.1 Å². The maximum atomic E-state index is 4.81. The highest BCUT2D eigenvalue weighted by Crippen LogP contribution is 2.04. The van der Waals surface area contributed by atoms with Crippen molar-refractivity contribution in [3.63, 3.8) is 0 Å². The molecular formula is C10H12N2S4. The lowest BCUT2D eigenvalue weighted by atomic mass is 10.1. The van der Waals surface area contributed by atoms with E-state index >= 15 is 0 Å². The second-order valence-corrected chi connectivity index (χ2v) is 5.45. The summed E-state index contributed by atoms with van der Waals surface area (Å²) in [5.41, 5.74) is 2.32. The van der Waals surface area contributed by atoms with E-state index in [-0.39, 0.29) is 0 Å². The van der Waals surface area contributed by atoms with Crippen LogP contribution in [0.1, 0.15) is 11.1 Å². The number of thiocarbonyl (C=S) groups is 2. The molecule has 0 radical (unpaired) electrons. The molecule has 0 amide bonds. The summed E-state index contributed by atoms with van der Waals surface area (Å²) in [5.74, 6) is 0. The summed E-state index contributed by atoms with van der Waals surface area (Å²) >= 11 is 17.6. The van der Waals surface area contributed by atoms with Gasteiger partial charge in [-0.2, -0.15) is 0 Å². The third-order valence-electron chi connectivity index (χ3n) is 1.91. The zero-order chi connectivity index (χ0) is 12.0. The molecule has 2 nitrogen and oxygen atoms in total. The van der Waals surface area contributed by atoms with Gasteiger partial charge in [-0.3, -0.25) is 0 Å². The molecule has 2 N–H and O–H groups in total. The van der Waals surface area contributed by atoms with Crippen molar-refractivity contribution in [1.29, 1.82) is 0 Å². The Hall–Kier alpha value is -0.300. The molecule has 1 rings (SSSR count). The normalized spacial score (nSPS) is 9.62. The first-order valence-corrected chi connectivity index (χ1v) is 6.30. The number of nitrogens with one attached hydrogen (secondary N) is 2. The SMILES string of the molecule is S=C(S)NCc1ccc(CNC(=S)S)cc1. The van der Waals surface area contributed by atoms with Crippen molar-refractivity contribution in [1.82, 2.24) is 10.6 Å². The summed E-state index contributed by atoms with van der Waals surface area (Å²) in [6.45, 7) is 1.39. The second kappa shape index (κ2) is 7.11. The molecule has 0 saturated heterocycles. The highest BCUT2D eigenvalue weighted by atomic mass is 32.1. The summed E-state index contributed by atoms with van der Waals surface area (Å²) in [6.07, 6.45) is 0. The highest BCUT2D eigenvalue weighted by molar-refractivity contribution is 8.11. The molecule has 0 spiro atoms. The lowest BCUT2D eigenvalue weighted by Gasteiger charge is -2.06. The van der Waals surface area contributed by atoms with Gasteiger partial charge in [-0.1, -0.05) is 48.7 Å². The summed E-state index contributed by atoms with van der Waals surface area (Å²) in [5, 5.41) is 5.96. The monoisotopic (exact) mass is 288 g/mol. The molecule has 6 heteroatoms. The quantitative estimate of drug-likeness (QED) is 0.504. The first-order chi connectivity index (χ1) is 7.58. The van der Waals surface area contributed by atoms with Crippen molar-refractivity contribution < 1.29 is 0 Å². The molecule has 0 bridgehead atoms. The van der Waals surface area contributed by atoms with Crippen LogP contribution in [-0.4, -0.2) is 8.64 Å². The standard InChI is InChI=1S/C10H12N2S4/c13-9(14)11-5-7-1-2-8(4-3-7)6-12-10(15)16/h1-4H,5-6H2,(H2,11,13,14)(H2,12,15,16). The molecule has 86 valence electrons. The second-order valence-electron chi connectivity index (χ2n) is 3.13. The predicted octanol–water partition coefficient (Wildman–Crippen LogP) is 2.30. The number of rotatable bonds is 4. The van der Waals surface area contributed by atoms with Crippen molar-refractivity contribution in [2.24, 2.45) is 0 Å². The van der Waals surface area contributed by atoms with E-state index in [1.807, 2.05) is 24.3 Å². The van der Waals surface area contributed by atoms with Gasteiger partial charge in [0.15, 0.2) is 0 Å². The molecule has 0 aliphatic rings. The van der Waals surface area contributed by atoms with Gasteiger partial charge in [-0.25, -0.2) is 0 Å². The lowest BCUT2D eigenvalue weighted by molar-refractivity contribution is 0.919. The minimum atomic E-state index is 0.506. The van der Waals surface area contributed by atoms with Crippen molar-refractivity contribution in [2.75, 3.05) is 0 Å². The Labute approximate surface area is 117 Å². The third-order valence-corrected chi connectivity index (χ3v) is 2.52. The van der Waals surface area contributed by atoms with Gasteiger partial charge in [-0.15, -0.1) is 25.3 Å². The van der Waals surface area contributed by atoms with Crippen LogP contribution in [0.3, 0.4) is 0 Å². The molecular weight excluding hydrogens is 276 g/mol. The van der Waals surface area contributed by atoms with Gasteiger partial charge in [0, 0.05) is 13.1 Å². The van der Waals surface area contributed by atoms with Gasteiger partial charge < -0.3 is 10.6 Å². The Morgan fingerprint density at radius 3 is 1.44 bits per heavy atom. The van der Waals surface area contributed by atoms with E-state index in [9.17, 15) is 0 Å². The summed E-state index contributed by atoms with van der Waals surface area (Å²) in [6, 6.07) is 8.16. The van der Waals surface area contributed by atoms with Gasteiger partial charge in [0.25, 0.3) is 0 Å². The van der Waals surface area contributed by atoms with Crippen molar-refractivity contribution in [3.05, 3.63) is 35.4 Å². The minimum absolute atomic E-state index is 0.506. The maximum absolute atomic E-state index is 4.81. The van der Waals surface area contributed by atoms with E-state index < -0.39 is 0 Å². The largest absolute Gasteiger partial charge is 0.367 e. The van der Waals surface area contributed by atoms with E-state index in [0.717, 1.165) is 11.1 Å². The van der Waals surface area contributed by atoms with E-state index in [1.54, 1.807) is 0 Å².